The van der Waals surface area contributed by atoms with Crippen molar-refractivity contribution in [2.75, 3.05) is 33.4 Å². The van der Waals surface area contributed by atoms with Crippen molar-refractivity contribution in [3.05, 3.63) is 39.7 Å². The molecule has 0 saturated carbocycles. The van der Waals surface area contributed by atoms with E-state index in [1.807, 2.05) is 26.0 Å². The van der Waals surface area contributed by atoms with E-state index in [-0.39, 0.29) is 12.0 Å². The van der Waals surface area contributed by atoms with Crippen LogP contribution in [0.2, 0.25) is 0 Å². The first kappa shape index (κ1) is 21.9. The van der Waals surface area contributed by atoms with Gasteiger partial charge in [-0.1, -0.05) is 0 Å². The molecule has 2 heterocycles. The Bertz CT molecular complexity index is 758. The van der Waals surface area contributed by atoms with E-state index in [0.29, 0.717) is 42.8 Å². The van der Waals surface area contributed by atoms with Crippen LogP contribution in [-0.2, 0) is 15.9 Å². The Morgan fingerprint density at radius 2 is 2.29 bits per heavy atom. The molecule has 0 aliphatic rings. The van der Waals surface area contributed by atoms with Gasteiger partial charge in [0.25, 0.3) is 0 Å². The van der Waals surface area contributed by atoms with Gasteiger partial charge in [0, 0.05) is 20.1 Å². The lowest BCUT2D eigenvalue weighted by molar-refractivity contribution is 0.0531. The first-order valence-corrected chi connectivity index (χ1v) is 10.1. The summed E-state index contributed by atoms with van der Waals surface area (Å²) in [6.45, 7) is 7.66. The summed E-state index contributed by atoms with van der Waals surface area (Å²) in [5, 5.41) is 7.42. The van der Waals surface area contributed by atoms with Crippen LogP contribution in [-0.4, -0.2) is 50.3 Å². The van der Waals surface area contributed by atoms with Crippen LogP contribution in [0.1, 0.15) is 46.0 Å². The fraction of sp³-hybridized carbons (Fsp3) is 0.526. The molecule has 0 aliphatic carbocycles. The number of hydrogen-bond acceptors (Lipinski definition) is 7. The van der Waals surface area contributed by atoms with Crippen LogP contribution in [0, 0.1) is 6.92 Å². The Labute approximate surface area is 169 Å². The molecule has 2 aromatic heterocycles. The van der Waals surface area contributed by atoms with Crippen LogP contribution in [0.25, 0.3) is 0 Å². The number of carbonyl (C=O) groups is 1. The predicted octanol–water partition coefficient (Wildman–Crippen LogP) is 2.71. The molecule has 0 amide bonds. The number of guanidine groups is 1. The van der Waals surface area contributed by atoms with Gasteiger partial charge in [-0.25, -0.2) is 9.78 Å². The minimum atomic E-state index is -0.332. The third kappa shape index (κ3) is 6.65. The largest absolute Gasteiger partial charge is 0.469 e. The third-order valence-electron chi connectivity index (χ3n) is 3.81. The molecule has 2 aromatic rings. The van der Waals surface area contributed by atoms with Gasteiger partial charge in [0.1, 0.15) is 15.6 Å². The van der Waals surface area contributed by atoms with E-state index in [1.54, 1.807) is 20.3 Å². The Kier molecular flexibility index (Phi) is 8.96. The number of methoxy groups -OCH3 is 1. The molecule has 0 fully saturated rings. The number of hydrogen-bond donors (Lipinski definition) is 2. The quantitative estimate of drug-likeness (QED) is 0.270. The molecule has 1 atom stereocenters. The molecule has 0 spiro atoms. The van der Waals surface area contributed by atoms with Gasteiger partial charge in [0.05, 0.1) is 37.8 Å². The lowest BCUT2D eigenvalue weighted by Gasteiger charge is -2.16. The zero-order valence-corrected chi connectivity index (χ0v) is 17.6. The second-order valence-corrected chi connectivity index (χ2v) is 7.06. The van der Waals surface area contributed by atoms with E-state index >= 15 is 0 Å². The van der Waals surface area contributed by atoms with E-state index in [9.17, 15) is 4.79 Å². The Hall–Kier alpha value is -2.39. The van der Waals surface area contributed by atoms with Gasteiger partial charge < -0.3 is 24.5 Å². The SMILES string of the molecule is CCOC(=O)c1sc(C(C)NC(=NCCOC)NCCc2ccco2)nc1C. The van der Waals surface area contributed by atoms with Crippen LogP contribution in [0.3, 0.4) is 0 Å². The number of rotatable bonds is 10. The van der Waals surface area contributed by atoms with Gasteiger partial charge in [0.15, 0.2) is 5.96 Å². The number of nitrogens with one attached hydrogen (secondary N) is 2. The minimum Gasteiger partial charge on any atom is -0.469 e. The lowest BCUT2D eigenvalue weighted by Crippen LogP contribution is -2.40. The number of carbonyl (C=O) groups excluding carboxylic acids is 1. The number of furan rings is 1. The summed E-state index contributed by atoms with van der Waals surface area (Å²) in [5.41, 5.74) is 0.677. The highest BCUT2D eigenvalue weighted by molar-refractivity contribution is 7.13. The molecular formula is C19H28N4O4S. The summed E-state index contributed by atoms with van der Waals surface area (Å²) >= 11 is 1.34. The minimum absolute atomic E-state index is 0.121. The molecule has 0 radical (unpaired) electrons. The van der Waals surface area contributed by atoms with E-state index in [4.69, 9.17) is 13.9 Å². The van der Waals surface area contributed by atoms with Crippen LogP contribution in [0.15, 0.2) is 27.8 Å². The smallest absolute Gasteiger partial charge is 0.350 e. The van der Waals surface area contributed by atoms with Gasteiger partial charge >= 0.3 is 5.97 Å². The van der Waals surface area contributed by atoms with Crippen LogP contribution >= 0.6 is 11.3 Å². The zero-order valence-electron chi connectivity index (χ0n) is 16.8. The number of ether oxygens (including phenoxy) is 2. The Morgan fingerprint density at radius 1 is 1.46 bits per heavy atom. The molecule has 2 N–H and O–H groups in total. The second kappa shape index (κ2) is 11.5. The molecule has 9 heteroatoms. The average Bonchev–Trinajstić information content (AvgIpc) is 3.31. The molecular weight excluding hydrogens is 380 g/mol. The number of thiazole rings is 1. The van der Waals surface area contributed by atoms with E-state index in [2.05, 4.69) is 20.6 Å². The van der Waals surface area contributed by atoms with Gasteiger partial charge in [-0.15, -0.1) is 11.3 Å². The number of aromatic nitrogens is 1. The normalized spacial score (nSPS) is 12.6. The molecule has 8 nitrogen and oxygen atoms in total. The van der Waals surface area contributed by atoms with E-state index in [1.165, 1.54) is 11.3 Å². The Balaban J connectivity index is 2.00. The molecule has 1 unspecified atom stereocenters. The van der Waals surface area contributed by atoms with Crippen molar-refractivity contribution in [2.45, 2.75) is 33.2 Å². The predicted molar refractivity (Wildman–Crippen MR) is 109 cm³/mol. The van der Waals surface area contributed by atoms with Crippen LogP contribution in [0.4, 0.5) is 0 Å². The van der Waals surface area contributed by atoms with Crippen molar-refractivity contribution in [2.24, 2.45) is 4.99 Å². The van der Waals surface area contributed by atoms with Crippen molar-refractivity contribution < 1.29 is 18.7 Å². The average molecular weight is 409 g/mol. The van der Waals surface area contributed by atoms with Crippen LogP contribution < -0.4 is 10.6 Å². The summed E-state index contributed by atoms with van der Waals surface area (Å²) in [4.78, 5) is 21.6. The van der Waals surface area contributed by atoms with Crippen LogP contribution in [0.5, 0.6) is 0 Å². The number of aliphatic imine (C=N–C) groups is 1. The standard InChI is InChI=1S/C19H28N4O4S/c1-5-26-18(24)16-13(2)22-17(28-16)14(3)23-19(21-10-12-25-4)20-9-8-15-7-6-11-27-15/h6-7,11,14H,5,8-10,12H2,1-4H3,(H2,20,21,23). The van der Waals surface area contributed by atoms with Gasteiger partial charge in [0.2, 0.25) is 0 Å². The van der Waals surface area contributed by atoms with Gasteiger partial charge in [-0.2, -0.15) is 0 Å². The molecule has 0 bridgehead atoms. The summed E-state index contributed by atoms with van der Waals surface area (Å²) < 4.78 is 15.5. The molecule has 2 rings (SSSR count). The second-order valence-electron chi connectivity index (χ2n) is 6.03. The summed E-state index contributed by atoms with van der Waals surface area (Å²) in [6.07, 6.45) is 2.41. The topological polar surface area (TPSA) is 98.0 Å². The van der Waals surface area contributed by atoms with Crippen molar-refractivity contribution >= 4 is 23.3 Å². The molecule has 0 aliphatic heterocycles. The maximum Gasteiger partial charge on any atom is 0.350 e. The van der Waals surface area contributed by atoms with E-state index in [0.717, 1.165) is 17.2 Å². The van der Waals surface area contributed by atoms with Crippen molar-refractivity contribution in [3.8, 4) is 0 Å². The maximum atomic E-state index is 12.0. The number of aryl methyl sites for hydroxylation is 1. The molecule has 154 valence electrons. The number of nitrogens with zero attached hydrogens (tertiary/aromatic N) is 2. The third-order valence-corrected chi connectivity index (χ3v) is 5.13. The molecule has 0 aromatic carbocycles. The molecule has 28 heavy (non-hydrogen) atoms. The summed E-state index contributed by atoms with van der Waals surface area (Å²) in [7, 11) is 1.64. The summed E-state index contributed by atoms with van der Waals surface area (Å²) in [6, 6.07) is 3.69. The summed E-state index contributed by atoms with van der Waals surface area (Å²) in [5.74, 6) is 1.23. The van der Waals surface area contributed by atoms with Crippen molar-refractivity contribution in [1.82, 2.24) is 15.6 Å². The fourth-order valence-corrected chi connectivity index (χ4v) is 3.38. The zero-order chi connectivity index (χ0) is 20.4. The highest BCUT2D eigenvalue weighted by Crippen LogP contribution is 2.24. The highest BCUT2D eigenvalue weighted by Gasteiger charge is 2.20. The Morgan fingerprint density at radius 3 is 2.96 bits per heavy atom. The lowest BCUT2D eigenvalue weighted by atomic mass is 10.3. The fourth-order valence-electron chi connectivity index (χ4n) is 2.42. The number of esters is 1. The first-order valence-electron chi connectivity index (χ1n) is 9.25. The van der Waals surface area contributed by atoms with Gasteiger partial charge in [-0.05, 0) is 32.9 Å². The van der Waals surface area contributed by atoms with Gasteiger partial charge in [-0.3, -0.25) is 4.99 Å². The maximum absolute atomic E-state index is 12.0. The van der Waals surface area contributed by atoms with E-state index < -0.39 is 0 Å². The monoisotopic (exact) mass is 408 g/mol. The molecule has 0 saturated heterocycles. The highest BCUT2D eigenvalue weighted by atomic mass is 32.1. The van der Waals surface area contributed by atoms with Crippen molar-refractivity contribution in [1.29, 1.82) is 0 Å². The first-order chi connectivity index (χ1) is 13.5. The van der Waals surface area contributed by atoms with Crippen molar-refractivity contribution in [3.63, 3.8) is 0 Å².